The first-order chi connectivity index (χ1) is 6.74. The molecule has 0 aromatic carbocycles. The number of methoxy groups -OCH3 is 1. The summed E-state index contributed by atoms with van der Waals surface area (Å²) in [7, 11) is 1.44. The quantitative estimate of drug-likeness (QED) is 0.666. The molecule has 0 amide bonds. The van der Waals surface area contributed by atoms with Gasteiger partial charge in [-0.3, -0.25) is 0 Å². The van der Waals surface area contributed by atoms with Crippen LogP contribution in [0.5, 0.6) is 0 Å². The average Bonchev–Trinajstić information content (AvgIpc) is 2.56. The molecule has 0 N–H and O–H groups in total. The third-order valence-electron chi connectivity index (χ3n) is 2.81. The molecule has 76 valence electrons. The maximum atomic E-state index is 11.4. The second kappa shape index (κ2) is 3.73. The van der Waals surface area contributed by atoms with Gasteiger partial charge in [-0.1, -0.05) is 0 Å². The van der Waals surface area contributed by atoms with Crippen molar-refractivity contribution in [3.8, 4) is 0 Å². The van der Waals surface area contributed by atoms with Crippen LogP contribution in [-0.2, 0) is 17.6 Å². The molecule has 1 aromatic heterocycles. The van der Waals surface area contributed by atoms with E-state index in [1.165, 1.54) is 30.4 Å². The van der Waals surface area contributed by atoms with Gasteiger partial charge in [-0.2, -0.15) is 0 Å². The topological polar surface area (TPSA) is 26.3 Å². The predicted molar refractivity (Wildman–Crippen MR) is 57.0 cm³/mol. The summed E-state index contributed by atoms with van der Waals surface area (Å²) in [6.07, 6.45) is 4.78. The van der Waals surface area contributed by atoms with Crippen LogP contribution >= 0.6 is 11.3 Å². The summed E-state index contributed by atoms with van der Waals surface area (Å²) in [4.78, 5) is 13.6. The minimum Gasteiger partial charge on any atom is -0.465 e. The standard InChI is InChI=1S/C11H14O2S/c1-7-8-5-3-4-6-9(8)14-10(7)11(12)13-2/h3-6H2,1-2H3. The van der Waals surface area contributed by atoms with Crippen LogP contribution < -0.4 is 0 Å². The van der Waals surface area contributed by atoms with Crippen molar-refractivity contribution in [2.75, 3.05) is 7.11 Å². The van der Waals surface area contributed by atoms with Crippen LogP contribution in [0, 0.1) is 6.92 Å². The molecule has 0 saturated heterocycles. The van der Waals surface area contributed by atoms with E-state index < -0.39 is 0 Å². The summed E-state index contributed by atoms with van der Waals surface area (Å²) in [5.74, 6) is -0.179. The summed E-state index contributed by atoms with van der Waals surface area (Å²) < 4.78 is 4.77. The number of fused-ring (bicyclic) bond motifs is 1. The van der Waals surface area contributed by atoms with Crippen LogP contribution in [0.3, 0.4) is 0 Å². The van der Waals surface area contributed by atoms with Gasteiger partial charge in [0.25, 0.3) is 0 Å². The molecule has 0 spiro atoms. The van der Waals surface area contributed by atoms with E-state index >= 15 is 0 Å². The van der Waals surface area contributed by atoms with E-state index in [1.54, 1.807) is 11.3 Å². The van der Waals surface area contributed by atoms with Crippen LogP contribution in [0.25, 0.3) is 0 Å². The zero-order valence-electron chi connectivity index (χ0n) is 8.55. The van der Waals surface area contributed by atoms with Gasteiger partial charge < -0.3 is 4.74 Å². The van der Waals surface area contributed by atoms with Gasteiger partial charge in [0.15, 0.2) is 0 Å². The number of thiophene rings is 1. The number of esters is 1. The van der Waals surface area contributed by atoms with Gasteiger partial charge in [-0.15, -0.1) is 11.3 Å². The Bertz CT molecular complexity index is 366. The van der Waals surface area contributed by atoms with Crippen molar-refractivity contribution in [1.29, 1.82) is 0 Å². The van der Waals surface area contributed by atoms with Gasteiger partial charge in [-0.25, -0.2) is 4.79 Å². The van der Waals surface area contributed by atoms with E-state index in [-0.39, 0.29) is 5.97 Å². The molecule has 0 bridgehead atoms. The number of ether oxygens (including phenoxy) is 1. The predicted octanol–water partition coefficient (Wildman–Crippen LogP) is 2.72. The SMILES string of the molecule is COC(=O)c1sc2c(c1C)CCCC2. The molecule has 0 fully saturated rings. The van der Waals surface area contributed by atoms with Crippen molar-refractivity contribution in [2.24, 2.45) is 0 Å². The van der Waals surface area contributed by atoms with Crippen molar-refractivity contribution >= 4 is 17.3 Å². The molecule has 0 radical (unpaired) electrons. The van der Waals surface area contributed by atoms with Crippen molar-refractivity contribution in [3.05, 3.63) is 20.9 Å². The molecular formula is C11H14O2S. The third kappa shape index (κ3) is 1.46. The van der Waals surface area contributed by atoms with E-state index in [4.69, 9.17) is 4.74 Å². The number of aryl methyl sites for hydroxylation is 1. The van der Waals surface area contributed by atoms with E-state index in [1.807, 2.05) is 6.92 Å². The molecule has 1 aromatic rings. The maximum absolute atomic E-state index is 11.4. The van der Waals surface area contributed by atoms with Crippen LogP contribution in [-0.4, -0.2) is 13.1 Å². The van der Waals surface area contributed by atoms with Gasteiger partial charge in [0.2, 0.25) is 0 Å². The highest BCUT2D eigenvalue weighted by Crippen LogP contribution is 2.34. The van der Waals surface area contributed by atoms with E-state index in [0.717, 1.165) is 23.3 Å². The smallest absolute Gasteiger partial charge is 0.348 e. The lowest BCUT2D eigenvalue weighted by Crippen LogP contribution is -2.02. The van der Waals surface area contributed by atoms with Gasteiger partial charge in [-0.05, 0) is 43.7 Å². The third-order valence-corrected chi connectivity index (χ3v) is 4.18. The van der Waals surface area contributed by atoms with Crippen molar-refractivity contribution in [3.63, 3.8) is 0 Å². The number of hydrogen-bond acceptors (Lipinski definition) is 3. The number of rotatable bonds is 1. The first-order valence-electron chi connectivity index (χ1n) is 4.93. The van der Waals surface area contributed by atoms with Crippen molar-refractivity contribution < 1.29 is 9.53 Å². The first-order valence-corrected chi connectivity index (χ1v) is 5.75. The number of carbonyl (C=O) groups is 1. The van der Waals surface area contributed by atoms with Crippen molar-refractivity contribution in [2.45, 2.75) is 32.6 Å². The van der Waals surface area contributed by atoms with Gasteiger partial charge >= 0.3 is 5.97 Å². The molecule has 0 unspecified atom stereocenters. The molecule has 0 saturated carbocycles. The van der Waals surface area contributed by atoms with Gasteiger partial charge in [0.1, 0.15) is 4.88 Å². The summed E-state index contributed by atoms with van der Waals surface area (Å²) in [5, 5.41) is 0. The summed E-state index contributed by atoms with van der Waals surface area (Å²) >= 11 is 1.62. The molecule has 2 rings (SSSR count). The number of carbonyl (C=O) groups excluding carboxylic acids is 1. The Kier molecular flexibility index (Phi) is 2.59. The Hall–Kier alpha value is -0.830. The molecule has 3 heteroatoms. The molecule has 14 heavy (non-hydrogen) atoms. The summed E-state index contributed by atoms with van der Waals surface area (Å²) in [5.41, 5.74) is 2.55. The Morgan fingerprint density at radius 1 is 1.36 bits per heavy atom. The van der Waals surface area contributed by atoms with E-state index in [2.05, 4.69) is 0 Å². The maximum Gasteiger partial charge on any atom is 0.348 e. The normalized spacial score (nSPS) is 15.0. The highest BCUT2D eigenvalue weighted by molar-refractivity contribution is 7.14. The minimum atomic E-state index is -0.179. The molecule has 1 aliphatic carbocycles. The lowest BCUT2D eigenvalue weighted by molar-refractivity contribution is 0.0605. The van der Waals surface area contributed by atoms with Gasteiger partial charge in [0.05, 0.1) is 7.11 Å². The van der Waals surface area contributed by atoms with Crippen LogP contribution in [0.1, 0.15) is 38.5 Å². The fraction of sp³-hybridized carbons (Fsp3) is 0.545. The zero-order chi connectivity index (χ0) is 10.1. The Labute approximate surface area is 87.9 Å². The molecule has 1 heterocycles. The van der Waals surface area contributed by atoms with Crippen LogP contribution in [0.2, 0.25) is 0 Å². The Morgan fingerprint density at radius 2 is 2.07 bits per heavy atom. The molecule has 0 atom stereocenters. The second-order valence-corrected chi connectivity index (χ2v) is 4.76. The lowest BCUT2D eigenvalue weighted by Gasteiger charge is -2.10. The average molecular weight is 210 g/mol. The molecular weight excluding hydrogens is 196 g/mol. The second-order valence-electron chi connectivity index (χ2n) is 3.66. The first kappa shape index (κ1) is 9.71. The Morgan fingerprint density at radius 3 is 2.71 bits per heavy atom. The van der Waals surface area contributed by atoms with Gasteiger partial charge in [0, 0.05) is 4.88 Å². The summed E-state index contributed by atoms with van der Waals surface area (Å²) in [6.45, 7) is 2.03. The fourth-order valence-electron chi connectivity index (χ4n) is 2.01. The highest BCUT2D eigenvalue weighted by Gasteiger charge is 2.21. The van der Waals surface area contributed by atoms with Crippen molar-refractivity contribution in [1.82, 2.24) is 0 Å². The molecule has 1 aliphatic rings. The largest absolute Gasteiger partial charge is 0.465 e. The lowest BCUT2D eigenvalue weighted by atomic mass is 9.95. The van der Waals surface area contributed by atoms with E-state index in [9.17, 15) is 4.79 Å². The Balaban J connectivity index is 2.43. The van der Waals surface area contributed by atoms with Crippen LogP contribution in [0.4, 0.5) is 0 Å². The van der Waals surface area contributed by atoms with E-state index in [0.29, 0.717) is 0 Å². The summed E-state index contributed by atoms with van der Waals surface area (Å²) in [6, 6.07) is 0. The monoisotopic (exact) mass is 210 g/mol. The zero-order valence-corrected chi connectivity index (χ0v) is 9.37. The minimum absolute atomic E-state index is 0.179. The fourth-order valence-corrected chi connectivity index (χ4v) is 3.33. The molecule has 2 nitrogen and oxygen atoms in total. The highest BCUT2D eigenvalue weighted by atomic mass is 32.1. The van der Waals surface area contributed by atoms with Crippen LogP contribution in [0.15, 0.2) is 0 Å². The number of hydrogen-bond donors (Lipinski definition) is 0. The molecule has 0 aliphatic heterocycles.